The molecule has 0 spiro atoms. The van der Waals surface area contributed by atoms with E-state index in [2.05, 4.69) is 6.58 Å². The van der Waals surface area contributed by atoms with Crippen molar-refractivity contribution in [3.8, 4) is 0 Å². The SMILES string of the molecule is C=C(C)[C@@H]1CC[C@@](C)(O)[C@@H]1CC1=C(O)C(CC=C(C)C)(CC=C(C)C)C(=O)C(C(=O)C(C)C)=C1O.O=C(O)CC(O)(CC(=O)O)C(=O)O. The molecule has 2 aliphatic rings. The summed E-state index contributed by atoms with van der Waals surface area (Å²) in [5.41, 5.74) is -2.29. The zero-order valence-corrected chi connectivity index (χ0v) is 29.2. The predicted molar refractivity (Wildman–Crippen MR) is 178 cm³/mol. The van der Waals surface area contributed by atoms with Crippen LogP contribution in [0.5, 0.6) is 0 Å². The van der Waals surface area contributed by atoms with Crippen LogP contribution < -0.4 is 0 Å². The average Bonchev–Trinajstić information content (AvgIpc) is 3.23. The lowest BCUT2D eigenvalue weighted by Gasteiger charge is -2.38. The molecule has 2 rings (SSSR count). The zero-order valence-electron chi connectivity index (χ0n) is 29.2. The molecule has 0 aromatic rings. The fourth-order valence-corrected chi connectivity index (χ4v) is 6.09. The van der Waals surface area contributed by atoms with E-state index < -0.39 is 70.6 Å². The number of aliphatic hydroxyl groups is 4. The quantitative estimate of drug-likeness (QED) is 0.0880. The Morgan fingerprint density at radius 1 is 0.938 bits per heavy atom. The minimum atomic E-state index is -2.74. The van der Waals surface area contributed by atoms with E-state index in [-0.39, 0.29) is 48.0 Å². The molecular formula is C36H52O12. The molecule has 1 fully saturated rings. The number of carbonyl (C=O) groups excluding carboxylic acids is 2. The monoisotopic (exact) mass is 676 g/mol. The van der Waals surface area contributed by atoms with Gasteiger partial charge in [-0.3, -0.25) is 19.2 Å². The van der Waals surface area contributed by atoms with Gasteiger partial charge in [0.2, 0.25) is 0 Å². The number of hydrogen-bond acceptors (Lipinski definition) is 9. The van der Waals surface area contributed by atoms with E-state index in [1.54, 1.807) is 20.8 Å². The second-order valence-corrected chi connectivity index (χ2v) is 14.1. The summed E-state index contributed by atoms with van der Waals surface area (Å²) in [6.45, 7) is 18.9. The lowest BCUT2D eigenvalue weighted by molar-refractivity contribution is -0.170. The van der Waals surface area contributed by atoms with Crippen molar-refractivity contribution in [2.75, 3.05) is 0 Å². The number of carboxylic acid groups (broad SMARTS) is 3. The Morgan fingerprint density at radius 2 is 1.40 bits per heavy atom. The highest BCUT2D eigenvalue weighted by Crippen LogP contribution is 2.52. The molecule has 0 aromatic carbocycles. The summed E-state index contributed by atoms with van der Waals surface area (Å²) in [4.78, 5) is 57.7. The fraction of sp³-hybridized carbons (Fsp3) is 0.583. The molecule has 0 saturated heterocycles. The highest BCUT2D eigenvalue weighted by Gasteiger charge is 2.52. The smallest absolute Gasteiger partial charge is 0.336 e. The van der Waals surface area contributed by atoms with E-state index in [4.69, 9.17) is 20.4 Å². The molecule has 268 valence electrons. The fourth-order valence-electron chi connectivity index (χ4n) is 6.09. The first-order valence-electron chi connectivity index (χ1n) is 15.8. The second-order valence-electron chi connectivity index (χ2n) is 14.1. The van der Waals surface area contributed by atoms with Crippen molar-refractivity contribution in [3.63, 3.8) is 0 Å². The molecule has 0 aromatic heterocycles. The van der Waals surface area contributed by atoms with Gasteiger partial charge in [0.1, 0.15) is 17.1 Å². The lowest BCUT2D eigenvalue weighted by Crippen LogP contribution is -2.42. The highest BCUT2D eigenvalue weighted by atomic mass is 16.4. The van der Waals surface area contributed by atoms with Crippen LogP contribution in [0, 0.1) is 23.2 Å². The maximum atomic E-state index is 14.0. The molecule has 2 aliphatic carbocycles. The molecule has 3 atom stereocenters. The van der Waals surface area contributed by atoms with Crippen molar-refractivity contribution in [1.82, 2.24) is 0 Å². The lowest BCUT2D eigenvalue weighted by atomic mass is 9.65. The van der Waals surface area contributed by atoms with Gasteiger partial charge in [-0.2, -0.15) is 0 Å². The van der Waals surface area contributed by atoms with Gasteiger partial charge in [-0.25, -0.2) is 4.79 Å². The number of rotatable bonds is 14. The summed E-state index contributed by atoms with van der Waals surface area (Å²) in [7, 11) is 0. The molecule has 7 N–H and O–H groups in total. The van der Waals surface area contributed by atoms with E-state index in [0.717, 1.165) is 23.1 Å². The van der Waals surface area contributed by atoms with Crippen LogP contribution in [-0.4, -0.2) is 76.4 Å². The Balaban J connectivity index is 0.000000747. The number of aliphatic carboxylic acids is 3. The van der Waals surface area contributed by atoms with Gasteiger partial charge < -0.3 is 35.7 Å². The van der Waals surface area contributed by atoms with E-state index in [0.29, 0.717) is 6.42 Å². The summed E-state index contributed by atoms with van der Waals surface area (Å²) in [6.07, 6.45) is 3.40. The third kappa shape index (κ3) is 9.99. The molecule has 0 radical (unpaired) electrons. The van der Waals surface area contributed by atoms with Crippen LogP contribution in [-0.2, 0) is 24.0 Å². The maximum absolute atomic E-state index is 14.0. The van der Waals surface area contributed by atoms with Crippen LogP contribution >= 0.6 is 0 Å². The van der Waals surface area contributed by atoms with E-state index in [9.17, 15) is 39.3 Å². The van der Waals surface area contributed by atoms with E-state index >= 15 is 0 Å². The van der Waals surface area contributed by atoms with Gasteiger partial charge >= 0.3 is 17.9 Å². The van der Waals surface area contributed by atoms with Crippen LogP contribution in [0.2, 0.25) is 0 Å². The van der Waals surface area contributed by atoms with Crippen molar-refractivity contribution in [2.45, 2.75) is 112 Å². The standard InChI is InChI=1S/C30H44O5.C6H8O7/c1-17(2)10-14-30(15-11-18(3)4)27(33)22(26(32)24(28(30)34)25(31)20(7)8)16-23-21(19(5)6)12-13-29(23,9)35;7-3(8)1-6(13,5(11)12)2-4(9)10/h10-11,20-21,23,32-33,35H,5,12-16H2,1-4,6-9H3;13H,1-2H2,(H,7,8)(H,9,10)(H,11,12)/t21-,23+,29+;/m0./s1. The third-order valence-electron chi connectivity index (χ3n) is 9.00. The third-order valence-corrected chi connectivity index (χ3v) is 9.00. The van der Waals surface area contributed by atoms with Crippen molar-refractivity contribution in [1.29, 1.82) is 0 Å². The van der Waals surface area contributed by atoms with Gasteiger partial charge in [0.25, 0.3) is 0 Å². The molecule has 12 heteroatoms. The molecule has 1 saturated carbocycles. The second kappa shape index (κ2) is 16.4. The maximum Gasteiger partial charge on any atom is 0.336 e. The number of carboxylic acids is 3. The Labute approximate surface area is 281 Å². The number of allylic oxidation sites excluding steroid dienone is 8. The topological polar surface area (TPSA) is 227 Å². The molecule has 0 aliphatic heterocycles. The van der Waals surface area contributed by atoms with Crippen molar-refractivity contribution >= 4 is 29.5 Å². The molecule has 0 unspecified atom stereocenters. The van der Waals surface area contributed by atoms with Gasteiger partial charge in [-0.1, -0.05) is 49.3 Å². The Bertz CT molecular complexity index is 1390. The summed E-state index contributed by atoms with van der Waals surface area (Å²) in [5, 5.41) is 68.0. The van der Waals surface area contributed by atoms with Gasteiger partial charge in [0.15, 0.2) is 17.2 Å². The molecule has 12 nitrogen and oxygen atoms in total. The summed E-state index contributed by atoms with van der Waals surface area (Å²) >= 11 is 0. The summed E-state index contributed by atoms with van der Waals surface area (Å²) in [6, 6.07) is 0. The minimum absolute atomic E-state index is 0.00458. The number of hydrogen-bond donors (Lipinski definition) is 7. The van der Waals surface area contributed by atoms with Gasteiger partial charge in [0.05, 0.1) is 23.9 Å². The first-order valence-corrected chi connectivity index (χ1v) is 15.8. The van der Waals surface area contributed by atoms with Crippen molar-refractivity contribution in [3.05, 3.63) is 58.1 Å². The van der Waals surface area contributed by atoms with Crippen LogP contribution in [0.3, 0.4) is 0 Å². The Hall–Kier alpha value is -4.03. The van der Waals surface area contributed by atoms with E-state index in [1.807, 2.05) is 46.8 Å². The van der Waals surface area contributed by atoms with Crippen LogP contribution in [0.15, 0.2) is 58.1 Å². The van der Waals surface area contributed by atoms with Crippen LogP contribution in [0.1, 0.15) is 100 Å². The van der Waals surface area contributed by atoms with E-state index in [1.165, 1.54) is 0 Å². The zero-order chi connectivity index (χ0) is 37.5. The number of ketones is 2. The Morgan fingerprint density at radius 3 is 1.75 bits per heavy atom. The van der Waals surface area contributed by atoms with Crippen LogP contribution in [0.25, 0.3) is 0 Å². The van der Waals surface area contributed by atoms with Gasteiger partial charge in [-0.15, -0.1) is 0 Å². The molecule has 0 heterocycles. The van der Waals surface area contributed by atoms with Crippen molar-refractivity contribution < 1.29 is 59.7 Å². The van der Waals surface area contributed by atoms with Crippen molar-refractivity contribution in [2.24, 2.45) is 23.2 Å². The average molecular weight is 677 g/mol. The first-order chi connectivity index (χ1) is 21.8. The number of Topliss-reactive ketones (excluding diaryl/α,β-unsaturated/α-hetero) is 2. The number of aliphatic hydroxyl groups excluding tert-OH is 2. The normalized spacial score (nSPS) is 22.1. The van der Waals surface area contributed by atoms with Gasteiger partial charge in [0, 0.05) is 11.5 Å². The molecule has 0 bridgehead atoms. The summed E-state index contributed by atoms with van der Waals surface area (Å²) < 4.78 is 0. The number of carbonyl (C=O) groups is 5. The first kappa shape index (κ1) is 42.0. The minimum Gasteiger partial charge on any atom is -0.511 e. The predicted octanol–water partition coefficient (Wildman–Crippen LogP) is 5.61. The highest BCUT2D eigenvalue weighted by molar-refractivity contribution is 6.24. The molecule has 0 amide bonds. The van der Waals surface area contributed by atoms with Gasteiger partial charge in [-0.05, 0) is 85.5 Å². The summed E-state index contributed by atoms with van der Waals surface area (Å²) in [5.74, 6) is -7.45. The Kier molecular flexibility index (Phi) is 14.3. The largest absolute Gasteiger partial charge is 0.511 e. The van der Waals surface area contributed by atoms with Crippen LogP contribution in [0.4, 0.5) is 0 Å². The molecular weight excluding hydrogens is 624 g/mol. The molecule has 48 heavy (non-hydrogen) atoms.